The minimum Gasteiger partial charge on any atom is -0.456 e. The Hall–Kier alpha value is -7.70. The topological polar surface area (TPSA) is 68.0 Å². The maximum Gasteiger partial charge on any atom is 0.160 e. The van der Waals surface area contributed by atoms with Crippen molar-refractivity contribution >= 4 is 77.4 Å². The predicted molar refractivity (Wildman–Crippen MR) is 233 cm³/mol. The first kappa shape index (κ1) is 31.6. The molecule has 8 aromatic carbocycles. The molecule has 268 valence electrons. The van der Waals surface area contributed by atoms with Gasteiger partial charge in [0.1, 0.15) is 34.3 Å². The van der Waals surface area contributed by atoms with Crippen LogP contribution in [0.2, 0.25) is 0 Å². The van der Waals surface area contributed by atoms with E-state index in [0.29, 0.717) is 5.84 Å². The summed E-state index contributed by atoms with van der Waals surface area (Å²) < 4.78 is 15.1. The summed E-state index contributed by atoms with van der Waals surface area (Å²) in [6, 6.07) is 63.4. The summed E-state index contributed by atoms with van der Waals surface area (Å²) in [4.78, 5) is 10.4. The maximum absolute atomic E-state index is 6.54. The van der Waals surface area contributed by atoms with E-state index in [4.69, 9.17) is 18.8 Å². The van der Waals surface area contributed by atoms with Gasteiger partial charge in [0.2, 0.25) is 0 Å². The number of hydrogen-bond donors (Lipinski definition) is 1. The van der Waals surface area contributed by atoms with E-state index in [1.807, 2.05) is 48.5 Å². The fourth-order valence-corrected chi connectivity index (χ4v) is 8.59. The lowest BCUT2D eigenvalue weighted by Crippen LogP contribution is -2.33. The second-order valence-corrected chi connectivity index (χ2v) is 14.6. The molecule has 0 saturated carbocycles. The van der Waals surface area contributed by atoms with Crippen molar-refractivity contribution in [3.63, 3.8) is 0 Å². The normalized spacial score (nSPS) is 14.5. The molecule has 4 heterocycles. The van der Waals surface area contributed by atoms with Gasteiger partial charge in [0.15, 0.2) is 5.84 Å². The van der Waals surface area contributed by atoms with Gasteiger partial charge in [-0.1, -0.05) is 115 Å². The molecule has 0 amide bonds. The van der Waals surface area contributed by atoms with E-state index < -0.39 is 0 Å². The minimum absolute atomic E-state index is 0.338. The van der Waals surface area contributed by atoms with Crippen molar-refractivity contribution in [1.29, 1.82) is 0 Å². The molecule has 0 radical (unpaired) electrons. The average Bonchev–Trinajstić information content (AvgIpc) is 3.95. The fraction of sp³-hybridized carbons (Fsp3) is 0.0196. The molecule has 6 nitrogen and oxygen atoms in total. The zero-order valence-electron chi connectivity index (χ0n) is 30.6. The molecule has 3 aromatic heterocycles. The molecule has 0 bridgehead atoms. The summed E-state index contributed by atoms with van der Waals surface area (Å²) in [6.45, 7) is 0. The number of fused-ring (bicyclic) bond motifs is 9. The van der Waals surface area contributed by atoms with E-state index in [9.17, 15) is 0 Å². The molecule has 1 aliphatic heterocycles. The molecule has 57 heavy (non-hydrogen) atoms. The maximum atomic E-state index is 6.54. The molecule has 0 fully saturated rings. The highest BCUT2D eigenvalue weighted by Gasteiger charge is 2.24. The van der Waals surface area contributed by atoms with Gasteiger partial charge in [0, 0.05) is 49.1 Å². The lowest BCUT2D eigenvalue weighted by atomic mass is 10.00. The zero-order chi connectivity index (χ0) is 37.5. The summed E-state index contributed by atoms with van der Waals surface area (Å²) in [5, 5.41) is 10.3. The van der Waals surface area contributed by atoms with Gasteiger partial charge in [0.05, 0.1) is 11.0 Å². The van der Waals surface area contributed by atoms with Crippen LogP contribution in [0, 0.1) is 0 Å². The monoisotopic (exact) mass is 732 g/mol. The van der Waals surface area contributed by atoms with Crippen molar-refractivity contribution in [1.82, 2.24) is 9.88 Å². The fourth-order valence-electron chi connectivity index (χ4n) is 8.59. The molecule has 0 saturated heterocycles. The number of furan rings is 2. The molecule has 1 N–H and O–H groups in total. The van der Waals surface area contributed by atoms with E-state index in [1.165, 1.54) is 21.8 Å². The zero-order valence-corrected chi connectivity index (χ0v) is 30.6. The van der Waals surface area contributed by atoms with Crippen LogP contribution >= 0.6 is 0 Å². The molecule has 6 heteroatoms. The van der Waals surface area contributed by atoms with Crippen LogP contribution < -0.4 is 5.32 Å². The van der Waals surface area contributed by atoms with Crippen LogP contribution in [0.3, 0.4) is 0 Å². The Morgan fingerprint density at radius 3 is 2.00 bits per heavy atom. The van der Waals surface area contributed by atoms with Gasteiger partial charge in [-0.3, -0.25) is 0 Å². The van der Waals surface area contributed by atoms with Crippen LogP contribution in [-0.2, 0) is 0 Å². The number of para-hydroxylation sites is 3. The van der Waals surface area contributed by atoms with Crippen molar-refractivity contribution in [3.05, 3.63) is 199 Å². The summed E-state index contributed by atoms with van der Waals surface area (Å²) >= 11 is 0. The number of benzene rings is 8. The summed E-state index contributed by atoms with van der Waals surface area (Å²) in [7, 11) is 0. The van der Waals surface area contributed by atoms with Crippen molar-refractivity contribution in [2.24, 2.45) is 9.98 Å². The predicted octanol–water partition coefficient (Wildman–Crippen LogP) is 12.7. The summed E-state index contributed by atoms with van der Waals surface area (Å²) in [6.07, 6.45) is -0.338. The number of aromatic nitrogens is 1. The second kappa shape index (κ2) is 12.4. The van der Waals surface area contributed by atoms with Crippen LogP contribution in [0.1, 0.15) is 22.9 Å². The number of nitrogens with one attached hydrogen (secondary N) is 1. The van der Waals surface area contributed by atoms with Crippen LogP contribution in [0.5, 0.6) is 0 Å². The second-order valence-electron chi connectivity index (χ2n) is 14.6. The Morgan fingerprint density at radius 2 is 1.12 bits per heavy atom. The highest BCUT2D eigenvalue weighted by atomic mass is 16.3. The number of rotatable bonds is 5. The molecule has 1 aliphatic rings. The van der Waals surface area contributed by atoms with E-state index in [1.54, 1.807) is 0 Å². The quantitative estimate of drug-likeness (QED) is 0.192. The van der Waals surface area contributed by atoms with Crippen molar-refractivity contribution in [3.8, 4) is 16.8 Å². The molecule has 1 unspecified atom stereocenters. The number of aliphatic imine (C=N–C) groups is 2. The van der Waals surface area contributed by atoms with Crippen LogP contribution in [-0.4, -0.2) is 16.2 Å². The van der Waals surface area contributed by atoms with Gasteiger partial charge in [-0.25, -0.2) is 9.98 Å². The highest BCUT2D eigenvalue weighted by molar-refractivity contribution is 6.22. The first-order valence-electron chi connectivity index (χ1n) is 19.2. The number of nitrogens with zero attached hydrogens (tertiary/aromatic N) is 3. The third-order valence-corrected chi connectivity index (χ3v) is 11.3. The molecule has 12 rings (SSSR count). The lowest BCUT2D eigenvalue weighted by molar-refractivity contribution is 0.666. The van der Waals surface area contributed by atoms with Gasteiger partial charge < -0.3 is 18.7 Å². The highest BCUT2D eigenvalue weighted by Crippen LogP contribution is 2.38. The van der Waals surface area contributed by atoms with E-state index in [0.717, 1.165) is 83.2 Å². The third kappa shape index (κ3) is 5.04. The average molecular weight is 733 g/mol. The molecular formula is C51H32N4O2. The first-order chi connectivity index (χ1) is 28.2. The van der Waals surface area contributed by atoms with Crippen molar-refractivity contribution in [2.45, 2.75) is 6.17 Å². The Morgan fingerprint density at radius 1 is 0.456 bits per heavy atom. The first-order valence-corrected chi connectivity index (χ1v) is 19.2. The van der Waals surface area contributed by atoms with Crippen molar-refractivity contribution < 1.29 is 8.83 Å². The SMILES string of the molecule is c1ccc(C2N=C(c3cccc4oc5ccccc5c34)N=C(c3ccc4c(c3)oc3ccc(-c5ccc6c(c5)c5ccccc5n6-c5ccccc5)cc34)N2)cc1. The van der Waals surface area contributed by atoms with Gasteiger partial charge in [-0.15, -0.1) is 0 Å². The standard InChI is InChI=1S/C51H32N4O2/c1-3-12-31(13-4-1)49-52-50(54-51(53-49)39-18-11-21-46-48(39)38-17-8-10-20-44(38)56-46)34-22-25-37-41-29-33(24-27-45(41)57-47(37)30-34)32-23-26-43-40(28-32)36-16-7-9-19-42(36)55(43)35-14-5-2-6-15-35/h1-30,49H,(H,52,53,54). The number of hydrogen-bond acceptors (Lipinski definition) is 5. The molecule has 1 atom stereocenters. The van der Waals surface area contributed by atoms with Gasteiger partial charge >= 0.3 is 0 Å². The van der Waals surface area contributed by atoms with Gasteiger partial charge in [-0.2, -0.15) is 0 Å². The van der Waals surface area contributed by atoms with Crippen LogP contribution in [0.4, 0.5) is 0 Å². The minimum atomic E-state index is -0.338. The van der Waals surface area contributed by atoms with Gasteiger partial charge in [0.25, 0.3) is 0 Å². The molecular weight excluding hydrogens is 701 g/mol. The molecule has 0 spiro atoms. The summed E-state index contributed by atoms with van der Waals surface area (Å²) in [5.41, 5.74) is 12.0. The van der Waals surface area contributed by atoms with Crippen LogP contribution in [0.15, 0.2) is 201 Å². The van der Waals surface area contributed by atoms with Gasteiger partial charge in [-0.05, 0) is 83.4 Å². The summed E-state index contributed by atoms with van der Waals surface area (Å²) in [5.74, 6) is 1.37. The van der Waals surface area contributed by atoms with E-state index >= 15 is 0 Å². The molecule has 0 aliphatic carbocycles. The smallest absolute Gasteiger partial charge is 0.160 e. The number of amidine groups is 2. The van der Waals surface area contributed by atoms with E-state index in [2.05, 4.69) is 143 Å². The Kier molecular flexibility index (Phi) is 6.89. The largest absolute Gasteiger partial charge is 0.456 e. The third-order valence-electron chi connectivity index (χ3n) is 11.3. The molecule has 11 aromatic rings. The lowest BCUT2D eigenvalue weighted by Gasteiger charge is -2.23. The Labute approximate surface area is 326 Å². The van der Waals surface area contributed by atoms with E-state index in [-0.39, 0.29) is 6.17 Å². The Bertz CT molecular complexity index is 3440. The van der Waals surface area contributed by atoms with Crippen LogP contribution in [0.25, 0.3) is 82.5 Å². The Balaban J connectivity index is 0.957. The van der Waals surface area contributed by atoms with Crippen molar-refractivity contribution in [2.75, 3.05) is 0 Å².